The van der Waals surface area contributed by atoms with E-state index in [4.69, 9.17) is 11.7 Å². The molecule has 4 rings (SSSR count). The number of nitrogens with two attached hydrogens (primary N) is 2. The first-order valence-electron chi connectivity index (χ1n) is 10.3. The largest absolute Gasteiger partial charge is 0.336 e. The lowest BCUT2D eigenvalue weighted by atomic mass is 10.2. The van der Waals surface area contributed by atoms with Crippen LogP contribution in [0.15, 0.2) is 71.0 Å². The average molecular weight is 495 g/mol. The van der Waals surface area contributed by atoms with Gasteiger partial charge in [0.25, 0.3) is 0 Å². The van der Waals surface area contributed by atoms with E-state index in [1.54, 1.807) is 24.3 Å². The predicted octanol–water partition coefficient (Wildman–Crippen LogP) is 2.03. The van der Waals surface area contributed by atoms with E-state index in [1.165, 1.54) is 32.9 Å². The molecule has 0 amide bonds. The summed E-state index contributed by atoms with van der Waals surface area (Å²) in [4.78, 5) is 24.6. The van der Waals surface area contributed by atoms with E-state index in [9.17, 15) is 9.59 Å². The van der Waals surface area contributed by atoms with Crippen LogP contribution in [0.3, 0.4) is 0 Å². The summed E-state index contributed by atoms with van der Waals surface area (Å²) >= 11 is 2.46. The maximum Gasteiger partial charge on any atom is 0.210 e. The number of Topliss-reactive ketones (excluding diaryl/α,β-unsaturated/α-hetero) is 2. The zero-order valence-corrected chi connectivity index (χ0v) is 19.7. The van der Waals surface area contributed by atoms with Gasteiger partial charge in [-0.15, -0.1) is 20.4 Å². The highest BCUT2D eigenvalue weighted by atomic mass is 32.2. The third-order valence-corrected chi connectivity index (χ3v) is 6.78. The molecule has 12 heteroatoms. The first kappa shape index (κ1) is 23.5. The summed E-state index contributed by atoms with van der Waals surface area (Å²) in [5, 5.41) is 17.3. The van der Waals surface area contributed by atoms with Crippen molar-refractivity contribution in [3.63, 3.8) is 0 Å². The highest BCUT2D eigenvalue weighted by Gasteiger charge is 2.16. The van der Waals surface area contributed by atoms with Crippen LogP contribution in [0.1, 0.15) is 32.4 Å². The van der Waals surface area contributed by atoms with E-state index < -0.39 is 0 Å². The van der Waals surface area contributed by atoms with E-state index in [1.807, 2.05) is 36.4 Å². The van der Waals surface area contributed by atoms with Crippen LogP contribution in [0.4, 0.5) is 0 Å². The minimum absolute atomic E-state index is 0.0119. The number of thioether (sulfide) groups is 2. The number of hydrogen-bond acceptors (Lipinski definition) is 10. The molecule has 2 aromatic heterocycles. The van der Waals surface area contributed by atoms with Gasteiger partial charge in [-0.3, -0.25) is 9.59 Å². The van der Waals surface area contributed by atoms with Crippen molar-refractivity contribution in [3.8, 4) is 0 Å². The van der Waals surface area contributed by atoms with Gasteiger partial charge in [-0.1, -0.05) is 84.2 Å². The van der Waals surface area contributed by atoms with Crippen LogP contribution in [0.5, 0.6) is 0 Å². The highest BCUT2D eigenvalue weighted by Crippen LogP contribution is 2.19. The Morgan fingerprint density at radius 3 is 1.41 bits per heavy atom. The number of nitrogen functional groups attached to an aromatic ring is 2. The van der Waals surface area contributed by atoms with Gasteiger partial charge in [0.1, 0.15) is 0 Å². The number of benzene rings is 2. The zero-order valence-electron chi connectivity index (χ0n) is 18.1. The van der Waals surface area contributed by atoms with Crippen LogP contribution in [0, 0.1) is 0 Å². The van der Waals surface area contributed by atoms with Crippen molar-refractivity contribution in [2.75, 3.05) is 23.2 Å². The molecule has 34 heavy (non-hydrogen) atoms. The Hall–Kier alpha value is -3.64. The summed E-state index contributed by atoms with van der Waals surface area (Å²) in [6.07, 6.45) is 0.860. The minimum atomic E-state index is -0.0119. The fourth-order valence-electron chi connectivity index (χ4n) is 3.05. The van der Waals surface area contributed by atoms with Crippen LogP contribution in [0.25, 0.3) is 0 Å². The standard InChI is InChI=1S/C22H22N8O2S2/c23-29-19(25-27-21(29)33-13-17(31)15-7-3-1-4-8-15)11-12-20-26-28-22(30(20)24)34-14-18(32)16-9-5-2-6-10-16/h1-10H,11-14,23-24H2. The normalized spacial score (nSPS) is 10.9. The molecule has 0 aliphatic rings. The topological polar surface area (TPSA) is 148 Å². The van der Waals surface area contributed by atoms with Crippen molar-refractivity contribution >= 4 is 35.1 Å². The summed E-state index contributed by atoms with van der Waals surface area (Å²) < 4.78 is 2.74. The van der Waals surface area contributed by atoms with E-state index >= 15 is 0 Å². The molecule has 0 spiro atoms. The molecule has 174 valence electrons. The summed E-state index contributed by atoms with van der Waals surface area (Å²) in [5.74, 6) is 13.7. The third-order valence-electron chi connectivity index (χ3n) is 4.90. The lowest BCUT2D eigenvalue weighted by molar-refractivity contribution is 0.101. The number of carbonyl (C=O) groups excluding carboxylic acids is 2. The smallest absolute Gasteiger partial charge is 0.210 e. The Balaban J connectivity index is 1.30. The molecule has 0 saturated carbocycles. The summed E-state index contributed by atoms with van der Waals surface area (Å²) in [5.41, 5.74) is 1.28. The quantitative estimate of drug-likeness (QED) is 0.180. The molecule has 0 saturated heterocycles. The van der Waals surface area contributed by atoms with E-state index in [0.29, 0.717) is 45.9 Å². The predicted molar refractivity (Wildman–Crippen MR) is 131 cm³/mol. The van der Waals surface area contributed by atoms with Crippen molar-refractivity contribution in [1.29, 1.82) is 0 Å². The van der Waals surface area contributed by atoms with E-state index in [-0.39, 0.29) is 23.1 Å². The van der Waals surface area contributed by atoms with Crippen LogP contribution in [-0.2, 0) is 12.8 Å². The van der Waals surface area contributed by atoms with Crippen molar-refractivity contribution < 1.29 is 9.59 Å². The molecule has 10 nitrogen and oxygen atoms in total. The Morgan fingerprint density at radius 2 is 1.03 bits per heavy atom. The van der Waals surface area contributed by atoms with Gasteiger partial charge in [0.15, 0.2) is 23.2 Å². The molecule has 0 unspecified atom stereocenters. The minimum Gasteiger partial charge on any atom is -0.336 e. The number of hydrogen-bond donors (Lipinski definition) is 2. The zero-order chi connectivity index (χ0) is 23.9. The van der Waals surface area contributed by atoms with Gasteiger partial charge in [0.05, 0.1) is 11.5 Å². The Morgan fingerprint density at radius 1 is 0.647 bits per heavy atom. The number of aryl methyl sites for hydroxylation is 2. The van der Waals surface area contributed by atoms with Gasteiger partial charge < -0.3 is 11.7 Å². The molecule has 2 heterocycles. The molecule has 0 aliphatic carbocycles. The second-order valence-corrected chi connectivity index (χ2v) is 9.08. The van der Waals surface area contributed by atoms with Crippen LogP contribution in [-0.4, -0.2) is 52.8 Å². The fourth-order valence-corrected chi connectivity index (χ4v) is 4.59. The molecule has 0 fully saturated rings. The van der Waals surface area contributed by atoms with Gasteiger partial charge in [0, 0.05) is 24.0 Å². The lowest BCUT2D eigenvalue weighted by Crippen LogP contribution is -2.18. The first-order valence-corrected chi connectivity index (χ1v) is 12.3. The Labute approximate surface area is 204 Å². The van der Waals surface area contributed by atoms with Crippen molar-refractivity contribution in [1.82, 2.24) is 29.7 Å². The third kappa shape index (κ3) is 5.64. The van der Waals surface area contributed by atoms with Crippen LogP contribution >= 0.6 is 23.5 Å². The molecule has 0 atom stereocenters. The summed E-state index contributed by atoms with van der Waals surface area (Å²) in [7, 11) is 0. The van der Waals surface area contributed by atoms with Gasteiger partial charge >= 0.3 is 0 Å². The highest BCUT2D eigenvalue weighted by molar-refractivity contribution is 8.00. The number of nitrogens with zero attached hydrogens (tertiary/aromatic N) is 6. The van der Waals surface area contributed by atoms with Crippen LogP contribution in [0.2, 0.25) is 0 Å². The summed E-state index contributed by atoms with van der Waals surface area (Å²) in [6, 6.07) is 18.1. The first-order chi connectivity index (χ1) is 16.5. The maximum absolute atomic E-state index is 12.3. The summed E-state index contributed by atoms with van der Waals surface area (Å²) in [6.45, 7) is 0. The van der Waals surface area contributed by atoms with Gasteiger partial charge in [-0.25, -0.2) is 9.35 Å². The van der Waals surface area contributed by atoms with Gasteiger partial charge in [0.2, 0.25) is 10.3 Å². The number of aromatic nitrogens is 6. The van der Waals surface area contributed by atoms with Crippen molar-refractivity contribution in [2.24, 2.45) is 0 Å². The number of carbonyl (C=O) groups is 2. The number of rotatable bonds is 11. The van der Waals surface area contributed by atoms with Gasteiger partial charge in [-0.05, 0) is 0 Å². The molecule has 4 aromatic rings. The molecule has 0 bridgehead atoms. The van der Waals surface area contributed by atoms with Crippen molar-refractivity contribution in [2.45, 2.75) is 23.2 Å². The monoisotopic (exact) mass is 494 g/mol. The maximum atomic E-state index is 12.3. The fraction of sp³-hybridized carbons (Fsp3) is 0.182. The molecule has 2 aromatic carbocycles. The Bertz CT molecular complexity index is 1180. The second-order valence-electron chi connectivity index (χ2n) is 7.19. The molecular weight excluding hydrogens is 472 g/mol. The second kappa shape index (κ2) is 11.0. The van der Waals surface area contributed by atoms with Crippen molar-refractivity contribution in [3.05, 3.63) is 83.4 Å². The number of ketones is 2. The average Bonchev–Trinajstić information content (AvgIpc) is 3.41. The SMILES string of the molecule is Nn1c(CCc2nnc(SCC(=O)c3ccccc3)n2N)nnc1SCC(=O)c1ccccc1. The van der Waals surface area contributed by atoms with Crippen LogP contribution < -0.4 is 11.7 Å². The van der Waals surface area contributed by atoms with Gasteiger partial charge in [-0.2, -0.15) is 0 Å². The molecule has 0 aliphatic heterocycles. The molecule has 4 N–H and O–H groups in total. The molecular formula is C22H22N8O2S2. The van der Waals surface area contributed by atoms with E-state index in [0.717, 1.165) is 0 Å². The molecule has 0 radical (unpaired) electrons. The lowest BCUT2D eigenvalue weighted by Gasteiger charge is -2.05. The van der Waals surface area contributed by atoms with E-state index in [2.05, 4.69) is 20.4 Å². The Kier molecular flexibility index (Phi) is 7.60.